The quantitative estimate of drug-likeness (QED) is 0.842. The molecule has 5 nitrogen and oxygen atoms in total. The summed E-state index contributed by atoms with van der Waals surface area (Å²) in [7, 11) is 1.86. The summed E-state index contributed by atoms with van der Waals surface area (Å²) in [6.07, 6.45) is 9.80. The van der Waals surface area contributed by atoms with Gasteiger partial charge < -0.3 is 10.6 Å². The van der Waals surface area contributed by atoms with Crippen LogP contribution in [0, 0.1) is 5.92 Å². The van der Waals surface area contributed by atoms with Crippen molar-refractivity contribution < 1.29 is 4.79 Å². The largest absolute Gasteiger partial charge is 0.346 e. The number of aromatic nitrogens is 2. The molecule has 24 heavy (non-hydrogen) atoms. The van der Waals surface area contributed by atoms with Crippen molar-refractivity contribution in [3.05, 3.63) is 17.5 Å². The lowest BCUT2D eigenvalue weighted by molar-refractivity contribution is 0.0876. The van der Waals surface area contributed by atoms with Crippen LogP contribution in [0.15, 0.2) is 6.07 Å². The number of rotatable bonds is 6. The van der Waals surface area contributed by atoms with E-state index >= 15 is 0 Å². The zero-order valence-corrected chi connectivity index (χ0v) is 15.3. The van der Waals surface area contributed by atoms with Gasteiger partial charge in [-0.05, 0) is 44.1 Å². The predicted molar refractivity (Wildman–Crippen MR) is 96.0 cm³/mol. The molecule has 2 aliphatic carbocycles. The molecule has 2 fully saturated rings. The number of hydrogen-bond donors (Lipinski definition) is 2. The lowest BCUT2D eigenvalue weighted by Crippen LogP contribution is -2.59. The molecule has 1 heterocycles. The molecule has 2 saturated carbocycles. The van der Waals surface area contributed by atoms with E-state index in [2.05, 4.69) is 29.6 Å². The number of amides is 1. The van der Waals surface area contributed by atoms with Crippen molar-refractivity contribution in [2.24, 2.45) is 13.0 Å². The number of carbonyl (C=O) groups is 1. The first-order valence-electron chi connectivity index (χ1n) is 9.62. The summed E-state index contributed by atoms with van der Waals surface area (Å²) in [5, 5.41) is 11.5. The number of nitrogens with zero attached hydrogens (tertiary/aromatic N) is 2. The number of aryl methyl sites for hydroxylation is 1. The smallest absolute Gasteiger partial charge is 0.269 e. The molecule has 1 aromatic rings. The number of nitrogens with one attached hydrogen (secondary N) is 2. The molecule has 1 aromatic heterocycles. The van der Waals surface area contributed by atoms with Crippen LogP contribution < -0.4 is 10.6 Å². The molecule has 0 unspecified atom stereocenters. The van der Waals surface area contributed by atoms with Gasteiger partial charge in [-0.1, -0.05) is 33.1 Å². The molecule has 5 heteroatoms. The first kappa shape index (κ1) is 17.5. The second kappa shape index (κ2) is 7.68. The molecule has 2 aliphatic rings. The molecule has 0 saturated heterocycles. The van der Waals surface area contributed by atoms with Crippen molar-refractivity contribution in [3.63, 3.8) is 0 Å². The topological polar surface area (TPSA) is 59.0 Å². The standard InChI is InChI=1S/C19H32N4O/c1-13(2)11-15-12-18(23(3)22-15)19(24)21-17-10-9-16(17)20-14-7-5-4-6-8-14/h12-14,16-17,20H,4-11H2,1-3H3,(H,21,24)/t16-,17+/m1/s1. The third-order valence-corrected chi connectivity index (χ3v) is 5.43. The molecule has 0 bridgehead atoms. The van der Waals surface area contributed by atoms with E-state index in [-0.39, 0.29) is 11.9 Å². The number of hydrogen-bond acceptors (Lipinski definition) is 3. The summed E-state index contributed by atoms with van der Waals surface area (Å²) >= 11 is 0. The maximum atomic E-state index is 12.6. The normalized spacial score (nSPS) is 24.8. The summed E-state index contributed by atoms with van der Waals surface area (Å²) in [6.45, 7) is 4.34. The Kier molecular flexibility index (Phi) is 5.59. The summed E-state index contributed by atoms with van der Waals surface area (Å²) < 4.78 is 1.72. The van der Waals surface area contributed by atoms with Gasteiger partial charge in [-0.2, -0.15) is 5.10 Å². The van der Waals surface area contributed by atoms with E-state index in [0.29, 0.717) is 23.7 Å². The maximum absolute atomic E-state index is 12.6. The molecule has 0 aliphatic heterocycles. The average molecular weight is 332 g/mol. The molecular weight excluding hydrogens is 300 g/mol. The van der Waals surface area contributed by atoms with Gasteiger partial charge in [-0.15, -0.1) is 0 Å². The summed E-state index contributed by atoms with van der Waals surface area (Å²) in [4.78, 5) is 12.6. The van der Waals surface area contributed by atoms with Gasteiger partial charge in [-0.25, -0.2) is 0 Å². The Morgan fingerprint density at radius 1 is 1.21 bits per heavy atom. The summed E-state index contributed by atoms with van der Waals surface area (Å²) in [5.41, 5.74) is 1.68. The lowest BCUT2D eigenvalue weighted by atomic mass is 9.84. The van der Waals surface area contributed by atoms with Crippen LogP contribution in [-0.2, 0) is 13.5 Å². The fourth-order valence-electron chi connectivity index (χ4n) is 3.94. The molecular formula is C19H32N4O. The highest BCUT2D eigenvalue weighted by atomic mass is 16.2. The van der Waals surface area contributed by atoms with Crippen molar-refractivity contribution in [3.8, 4) is 0 Å². The van der Waals surface area contributed by atoms with Gasteiger partial charge in [0.2, 0.25) is 0 Å². The minimum atomic E-state index is 0.0140. The van der Waals surface area contributed by atoms with Crippen LogP contribution in [0.3, 0.4) is 0 Å². The highest BCUT2D eigenvalue weighted by molar-refractivity contribution is 5.93. The Bertz CT molecular complexity index is 560. The Morgan fingerprint density at radius 2 is 1.92 bits per heavy atom. The van der Waals surface area contributed by atoms with Crippen LogP contribution in [0.2, 0.25) is 0 Å². The van der Waals surface area contributed by atoms with E-state index in [1.165, 1.54) is 38.5 Å². The van der Waals surface area contributed by atoms with Crippen molar-refractivity contribution in [1.29, 1.82) is 0 Å². The molecule has 134 valence electrons. The molecule has 0 radical (unpaired) electrons. The molecule has 0 spiro atoms. The van der Waals surface area contributed by atoms with Crippen LogP contribution in [0.5, 0.6) is 0 Å². The van der Waals surface area contributed by atoms with E-state index in [4.69, 9.17) is 0 Å². The minimum Gasteiger partial charge on any atom is -0.346 e. The van der Waals surface area contributed by atoms with Crippen LogP contribution in [0.25, 0.3) is 0 Å². The Morgan fingerprint density at radius 3 is 2.54 bits per heavy atom. The van der Waals surface area contributed by atoms with Crippen molar-refractivity contribution >= 4 is 5.91 Å². The van der Waals surface area contributed by atoms with Gasteiger partial charge >= 0.3 is 0 Å². The van der Waals surface area contributed by atoms with Gasteiger partial charge in [0.25, 0.3) is 5.91 Å². The highest BCUT2D eigenvalue weighted by Gasteiger charge is 2.34. The fourth-order valence-corrected chi connectivity index (χ4v) is 3.94. The first-order valence-corrected chi connectivity index (χ1v) is 9.62. The zero-order valence-electron chi connectivity index (χ0n) is 15.3. The van der Waals surface area contributed by atoms with Crippen LogP contribution in [-0.4, -0.2) is 33.8 Å². The van der Waals surface area contributed by atoms with Crippen LogP contribution in [0.1, 0.15) is 75.0 Å². The lowest BCUT2D eigenvalue weighted by Gasteiger charge is -2.41. The monoisotopic (exact) mass is 332 g/mol. The zero-order chi connectivity index (χ0) is 17.1. The van der Waals surface area contributed by atoms with Gasteiger partial charge in [-0.3, -0.25) is 9.48 Å². The Balaban J connectivity index is 1.53. The van der Waals surface area contributed by atoms with Crippen LogP contribution in [0.4, 0.5) is 0 Å². The van der Waals surface area contributed by atoms with Gasteiger partial charge in [0.15, 0.2) is 0 Å². The Hall–Kier alpha value is -1.36. The van der Waals surface area contributed by atoms with E-state index in [0.717, 1.165) is 18.5 Å². The highest BCUT2D eigenvalue weighted by Crippen LogP contribution is 2.25. The molecule has 2 atom stereocenters. The molecule has 3 rings (SSSR count). The van der Waals surface area contributed by atoms with Gasteiger partial charge in [0, 0.05) is 25.2 Å². The average Bonchev–Trinajstić information content (AvgIpc) is 2.90. The first-order chi connectivity index (χ1) is 11.5. The van der Waals surface area contributed by atoms with E-state index in [1.807, 2.05) is 13.1 Å². The second-order valence-corrected chi connectivity index (χ2v) is 8.01. The Labute approximate surface area is 145 Å². The third-order valence-electron chi connectivity index (χ3n) is 5.43. The molecule has 1 amide bonds. The van der Waals surface area contributed by atoms with Gasteiger partial charge in [0.05, 0.1) is 5.69 Å². The molecule has 0 aromatic carbocycles. The number of carbonyl (C=O) groups excluding carboxylic acids is 1. The minimum absolute atomic E-state index is 0.0140. The predicted octanol–water partition coefficient (Wildman–Crippen LogP) is 2.80. The second-order valence-electron chi connectivity index (χ2n) is 8.01. The molecule has 2 N–H and O–H groups in total. The van der Waals surface area contributed by atoms with Gasteiger partial charge in [0.1, 0.15) is 5.69 Å². The van der Waals surface area contributed by atoms with E-state index in [9.17, 15) is 4.79 Å². The maximum Gasteiger partial charge on any atom is 0.269 e. The van der Waals surface area contributed by atoms with Crippen molar-refractivity contribution in [2.45, 2.75) is 83.3 Å². The summed E-state index contributed by atoms with van der Waals surface area (Å²) in [6, 6.07) is 3.30. The SMILES string of the molecule is CC(C)Cc1cc(C(=O)N[C@H]2CC[C@H]2NC2CCCCC2)n(C)n1. The van der Waals surface area contributed by atoms with Crippen molar-refractivity contribution in [1.82, 2.24) is 20.4 Å². The van der Waals surface area contributed by atoms with E-state index < -0.39 is 0 Å². The fraction of sp³-hybridized carbons (Fsp3) is 0.789. The van der Waals surface area contributed by atoms with Crippen LogP contribution >= 0.6 is 0 Å². The van der Waals surface area contributed by atoms with Crippen molar-refractivity contribution in [2.75, 3.05) is 0 Å². The third kappa shape index (κ3) is 4.18. The summed E-state index contributed by atoms with van der Waals surface area (Å²) in [5.74, 6) is 0.562. The van der Waals surface area contributed by atoms with E-state index in [1.54, 1.807) is 4.68 Å².